The van der Waals surface area contributed by atoms with E-state index in [-0.39, 0.29) is 19.1 Å². The number of fused-ring (bicyclic) bond motifs is 4. The highest BCUT2D eigenvalue weighted by atomic mass is 32.1. The van der Waals surface area contributed by atoms with Gasteiger partial charge in [0.25, 0.3) is 0 Å². The second kappa shape index (κ2) is 9.98. The van der Waals surface area contributed by atoms with E-state index in [2.05, 4.69) is 59.2 Å². The number of carbonyl (C=O) groups is 1. The molecule has 0 bridgehead atoms. The monoisotopic (exact) mass is 537 g/mol. The van der Waals surface area contributed by atoms with Crippen LogP contribution < -0.4 is 5.32 Å². The van der Waals surface area contributed by atoms with Crippen molar-refractivity contribution in [3.63, 3.8) is 0 Å². The van der Waals surface area contributed by atoms with Crippen LogP contribution in [0.4, 0.5) is 4.79 Å². The lowest BCUT2D eigenvalue weighted by molar-refractivity contribution is 0.00578. The van der Waals surface area contributed by atoms with Crippen LogP contribution in [0.25, 0.3) is 27.3 Å². The second-order valence-corrected chi connectivity index (χ2v) is 12.1. The van der Waals surface area contributed by atoms with Crippen LogP contribution in [-0.2, 0) is 14.0 Å². The van der Waals surface area contributed by atoms with Gasteiger partial charge in [-0.1, -0.05) is 72.8 Å². The molecule has 2 heterocycles. The summed E-state index contributed by atoms with van der Waals surface area (Å²) in [6.45, 7) is 8.64. The van der Waals surface area contributed by atoms with Gasteiger partial charge in [-0.15, -0.1) is 11.3 Å². The van der Waals surface area contributed by atoms with Gasteiger partial charge in [0.2, 0.25) is 0 Å². The molecule has 7 heteroatoms. The zero-order valence-electron chi connectivity index (χ0n) is 22.7. The Bertz CT molecular complexity index is 1510. The van der Waals surface area contributed by atoms with Crippen molar-refractivity contribution in [1.82, 2.24) is 5.32 Å². The van der Waals surface area contributed by atoms with Gasteiger partial charge in [0.1, 0.15) is 6.61 Å². The molecule has 1 N–H and O–H groups in total. The van der Waals surface area contributed by atoms with E-state index in [0.717, 1.165) is 11.0 Å². The van der Waals surface area contributed by atoms with Crippen LogP contribution in [0.3, 0.4) is 0 Å². The third kappa shape index (κ3) is 4.80. The topological polar surface area (TPSA) is 56.8 Å². The predicted octanol–water partition coefficient (Wildman–Crippen LogP) is 7.45. The van der Waals surface area contributed by atoms with E-state index in [9.17, 15) is 4.79 Å². The van der Waals surface area contributed by atoms with Crippen LogP contribution in [-0.4, -0.2) is 37.6 Å². The molecule has 0 atom stereocenters. The van der Waals surface area contributed by atoms with Crippen LogP contribution in [0.15, 0.2) is 83.6 Å². The second-order valence-electron chi connectivity index (χ2n) is 11.2. The third-order valence-electron chi connectivity index (χ3n) is 8.19. The Morgan fingerprint density at radius 2 is 1.56 bits per heavy atom. The normalized spacial score (nSPS) is 17.7. The van der Waals surface area contributed by atoms with E-state index in [0.29, 0.717) is 0 Å². The molecule has 1 aliphatic carbocycles. The molecule has 198 valence electrons. The minimum atomic E-state index is -0.584. The summed E-state index contributed by atoms with van der Waals surface area (Å²) in [6.07, 6.45) is 1.61. The van der Waals surface area contributed by atoms with E-state index in [1.165, 1.54) is 32.3 Å². The summed E-state index contributed by atoms with van der Waals surface area (Å²) in [7, 11) is -0.584. The van der Waals surface area contributed by atoms with E-state index < -0.39 is 24.4 Å². The first kappa shape index (κ1) is 25.9. The number of alkyl carbamates (subject to hydrolysis) is 1. The zero-order chi connectivity index (χ0) is 27.2. The van der Waals surface area contributed by atoms with E-state index in [4.69, 9.17) is 14.0 Å². The Hall–Kier alpha value is -3.39. The highest BCUT2D eigenvalue weighted by Gasteiger charge is 2.52. The molecule has 1 fully saturated rings. The van der Waals surface area contributed by atoms with Crippen molar-refractivity contribution in [2.75, 3.05) is 13.2 Å². The standard InChI is InChI=1S/C32H32BNO4S/c1-31(2)32(3,4)38-33(37-31)23(18-22-11-9-10-21-16-17-39-29(21)22)19-34-30(35)36-20-28-26-14-7-5-12-24(26)25-13-6-8-15-27(25)28/h5-18,28H,19-20H2,1-4H3,(H,34,35). The summed E-state index contributed by atoms with van der Waals surface area (Å²) >= 11 is 1.70. The fourth-order valence-electron chi connectivity index (χ4n) is 5.35. The van der Waals surface area contributed by atoms with Crippen LogP contribution in [0.1, 0.15) is 50.3 Å². The third-order valence-corrected chi connectivity index (χ3v) is 9.17. The summed E-state index contributed by atoms with van der Waals surface area (Å²) in [4.78, 5) is 13.0. The molecular weight excluding hydrogens is 505 g/mol. The number of rotatable bonds is 6. The Morgan fingerprint density at radius 3 is 2.23 bits per heavy atom. The Labute approximate surface area is 233 Å². The van der Waals surface area contributed by atoms with Crippen molar-refractivity contribution < 1.29 is 18.8 Å². The van der Waals surface area contributed by atoms with Gasteiger partial charge in [-0.2, -0.15) is 0 Å². The number of benzene rings is 3. The van der Waals surface area contributed by atoms with Crippen molar-refractivity contribution in [2.24, 2.45) is 0 Å². The predicted molar refractivity (Wildman–Crippen MR) is 159 cm³/mol. The van der Waals surface area contributed by atoms with Gasteiger partial charge in [-0.05, 0) is 77.8 Å². The maximum Gasteiger partial charge on any atom is 0.492 e. The Balaban J connectivity index is 1.20. The van der Waals surface area contributed by atoms with Crippen molar-refractivity contribution >= 4 is 40.7 Å². The molecule has 1 aliphatic heterocycles. The van der Waals surface area contributed by atoms with Crippen molar-refractivity contribution in [3.05, 3.63) is 100 Å². The minimum Gasteiger partial charge on any atom is -0.449 e. The molecule has 1 amide bonds. The molecule has 5 nitrogen and oxygen atoms in total. The number of amides is 1. The fraction of sp³-hybridized carbons (Fsp3) is 0.281. The lowest BCUT2D eigenvalue weighted by Gasteiger charge is -2.32. The fourth-order valence-corrected chi connectivity index (χ4v) is 6.24. The van der Waals surface area contributed by atoms with Crippen LogP contribution in [0.5, 0.6) is 0 Å². The summed E-state index contributed by atoms with van der Waals surface area (Å²) in [5.74, 6) is 0.0118. The number of carbonyl (C=O) groups excluding carboxylic acids is 1. The number of thiophene rings is 1. The largest absolute Gasteiger partial charge is 0.492 e. The van der Waals surface area contributed by atoms with Crippen LogP contribution >= 0.6 is 11.3 Å². The van der Waals surface area contributed by atoms with Gasteiger partial charge >= 0.3 is 13.2 Å². The summed E-state index contributed by atoms with van der Waals surface area (Å²) < 4.78 is 19.7. The molecule has 0 spiro atoms. The molecule has 2 aliphatic rings. The average molecular weight is 537 g/mol. The molecule has 39 heavy (non-hydrogen) atoms. The van der Waals surface area contributed by atoms with E-state index >= 15 is 0 Å². The van der Waals surface area contributed by atoms with E-state index in [1.807, 2.05) is 58.0 Å². The van der Waals surface area contributed by atoms with Gasteiger partial charge in [-0.3, -0.25) is 0 Å². The quantitative estimate of drug-likeness (QED) is 0.260. The van der Waals surface area contributed by atoms with Crippen molar-refractivity contribution in [3.8, 4) is 11.1 Å². The summed E-state index contributed by atoms with van der Waals surface area (Å²) in [5.41, 5.74) is 5.71. The maximum absolute atomic E-state index is 13.0. The highest BCUT2D eigenvalue weighted by molar-refractivity contribution is 7.17. The maximum atomic E-state index is 13.0. The smallest absolute Gasteiger partial charge is 0.449 e. The first-order valence-electron chi connectivity index (χ1n) is 13.3. The lowest BCUT2D eigenvalue weighted by Crippen LogP contribution is -2.41. The molecular formula is C32H32BNO4S. The molecule has 3 aromatic carbocycles. The molecule has 0 saturated carbocycles. The number of nitrogens with one attached hydrogen (secondary N) is 1. The van der Waals surface area contributed by atoms with Crippen LogP contribution in [0.2, 0.25) is 0 Å². The first-order chi connectivity index (χ1) is 18.7. The molecule has 0 radical (unpaired) electrons. The van der Waals surface area contributed by atoms with Crippen molar-refractivity contribution in [1.29, 1.82) is 0 Å². The molecule has 6 rings (SSSR count). The molecule has 4 aromatic rings. The first-order valence-corrected chi connectivity index (χ1v) is 14.2. The van der Waals surface area contributed by atoms with Gasteiger partial charge in [0, 0.05) is 17.2 Å². The highest BCUT2D eigenvalue weighted by Crippen LogP contribution is 2.44. The Morgan fingerprint density at radius 1 is 0.923 bits per heavy atom. The van der Waals surface area contributed by atoms with E-state index in [1.54, 1.807) is 11.3 Å². The Kier molecular flexibility index (Phi) is 6.62. The SMILES string of the molecule is CC1(C)OB(C(=Cc2cccc3ccsc23)CNC(=O)OCC2c3ccccc3-c3ccccc32)OC1(C)C. The average Bonchev–Trinajstić information content (AvgIpc) is 3.58. The molecule has 0 unspecified atom stereocenters. The number of hydrogen-bond acceptors (Lipinski definition) is 5. The van der Waals surface area contributed by atoms with Crippen molar-refractivity contribution in [2.45, 2.75) is 44.8 Å². The zero-order valence-corrected chi connectivity index (χ0v) is 23.5. The molecule has 1 aromatic heterocycles. The summed E-state index contributed by atoms with van der Waals surface area (Å²) in [6, 6.07) is 25.0. The number of ether oxygens (including phenoxy) is 1. The summed E-state index contributed by atoms with van der Waals surface area (Å²) in [5, 5.41) is 6.24. The van der Waals surface area contributed by atoms with Gasteiger partial charge < -0.3 is 19.4 Å². The molecule has 1 saturated heterocycles. The van der Waals surface area contributed by atoms with Crippen LogP contribution in [0, 0.1) is 0 Å². The van der Waals surface area contributed by atoms with Gasteiger partial charge in [-0.25, -0.2) is 4.79 Å². The number of hydrogen-bond donors (Lipinski definition) is 1. The van der Waals surface area contributed by atoms with Gasteiger partial charge in [0.05, 0.1) is 11.2 Å². The van der Waals surface area contributed by atoms with Gasteiger partial charge in [0.15, 0.2) is 0 Å². The lowest BCUT2D eigenvalue weighted by atomic mass is 9.77. The minimum absolute atomic E-state index is 0.0118.